The molecule has 4 rings (SSSR count). The van der Waals surface area contributed by atoms with Crippen molar-refractivity contribution in [1.82, 2.24) is 15.0 Å². The van der Waals surface area contributed by atoms with Crippen LogP contribution in [-0.2, 0) is 15.4 Å². The van der Waals surface area contributed by atoms with E-state index in [1.165, 1.54) is 16.1 Å². The fourth-order valence-electron chi connectivity index (χ4n) is 3.24. The molecule has 0 spiro atoms. The minimum Gasteiger partial charge on any atom is -0.386 e. The molecule has 1 unspecified atom stereocenters. The predicted molar refractivity (Wildman–Crippen MR) is 112 cm³/mol. The zero-order valence-electron chi connectivity index (χ0n) is 15.2. The molecular formula is C18H18ClN5O2S2. The van der Waals surface area contributed by atoms with E-state index in [1.807, 2.05) is 30.3 Å². The van der Waals surface area contributed by atoms with E-state index in [4.69, 9.17) is 17.3 Å². The fourth-order valence-corrected chi connectivity index (χ4v) is 6.62. The van der Waals surface area contributed by atoms with E-state index in [1.54, 1.807) is 26.2 Å². The standard InChI is InChI=1S/C18H18ClN5O2S2/c1-11-17(20)23-18(2,10-28(11,25)26)16-14(19)9-15(27-16)12-4-3-5-13(8-12)24-21-6-7-22-24/h3-9,11H,10H2,1-2H3,(H2,20,23)/t11?,18-/m0/s1. The van der Waals surface area contributed by atoms with Crippen molar-refractivity contribution in [2.45, 2.75) is 24.6 Å². The summed E-state index contributed by atoms with van der Waals surface area (Å²) in [7, 11) is -3.40. The Morgan fingerprint density at radius 1 is 1.29 bits per heavy atom. The second-order valence-corrected chi connectivity index (χ2v) is 10.7. The summed E-state index contributed by atoms with van der Waals surface area (Å²) >= 11 is 7.93. The number of nitrogens with zero attached hydrogens (tertiary/aromatic N) is 4. The number of rotatable bonds is 3. The third-order valence-corrected chi connectivity index (χ3v) is 8.90. The van der Waals surface area contributed by atoms with Crippen molar-refractivity contribution in [3.63, 3.8) is 0 Å². The number of halogens is 1. The molecular weight excluding hydrogens is 418 g/mol. The van der Waals surface area contributed by atoms with Gasteiger partial charge in [-0.2, -0.15) is 15.0 Å². The first-order valence-electron chi connectivity index (χ1n) is 8.53. The molecule has 0 radical (unpaired) electrons. The Hall–Kier alpha value is -2.23. The first-order chi connectivity index (χ1) is 13.2. The number of nitrogens with two attached hydrogens (primary N) is 1. The predicted octanol–water partition coefficient (Wildman–Crippen LogP) is 3.04. The highest BCUT2D eigenvalue weighted by Crippen LogP contribution is 2.44. The largest absolute Gasteiger partial charge is 0.386 e. The van der Waals surface area contributed by atoms with Crippen molar-refractivity contribution in [2.75, 3.05) is 5.75 Å². The second kappa shape index (κ2) is 6.68. The fraction of sp³-hybridized carbons (Fsp3) is 0.278. The third-order valence-electron chi connectivity index (χ3n) is 4.77. The van der Waals surface area contributed by atoms with Crippen molar-refractivity contribution >= 4 is 38.6 Å². The number of benzene rings is 1. The van der Waals surface area contributed by atoms with E-state index < -0.39 is 20.6 Å². The van der Waals surface area contributed by atoms with Gasteiger partial charge in [0, 0.05) is 4.88 Å². The van der Waals surface area contributed by atoms with Crippen LogP contribution in [-0.4, -0.2) is 40.3 Å². The van der Waals surface area contributed by atoms with Gasteiger partial charge in [0.15, 0.2) is 9.84 Å². The van der Waals surface area contributed by atoms with Gasteiger partial charge in [0.05, 0.1) is 33.7 Å². The number of hydrogen-bond donors (Lipinski definition) is 1. The van der Waals surface area contributed by atoms with Gasteiger partial charge in [-0.15, -0.1) is 11.3 Å². The average molecular weight is 436 g/mol. The van der Waals surface area contributed by atoms with Crippen LogP contribution < -0.4 is 5.73 Å². The highest BCUT2D eigenvalue weighted by Gasteiger charge is 2.43. The van der Waals surface area contributed by atoms with Crippen LogP contribution in [0.3, 0.4) is 0 Å². The Morgan fingerprint density at radius 2 is 2.00 bits per heavy atom. The molecule has 7 nitrogen and oxygen atoms in total. The maximum atomic E-state index is 12.5. The number of hydrogen-bond acceptors (Lipinski definition) is 7. The summed E-state index contributed by atoms with van der Waals surface area (Å²) in [4.78, 5) is 7.62. The van der Waals surface area contributed by atoms with Crippen LogP contribution in [0.5, 0.6) is 0 Å². The van der Waals surface area contributed by atoms with E-state index in [9.17, 15) is 8.42 Å². The van der Waals surface area contributed by atoms with Gasteiger partial charge >= 0.3 is 0 Å². The van der Waals surface area contributed by atoms with Crippen LogP contribution in [0.4, 0.5) is 0 Å². The molecule has 0 saturated carbocycles. The van der Waals surface area contributed by atoms with Gasteiger partial charge in [0.1, 0.15) is 16.6 Å². The van der Waals surface area contributed by atoms with E-state index in [0.717, 1.165) is 16.1 Å². The molecule has 0 bridgehead atoms. The zero-order valence-corrected chi connectivity index (χ0v) is 17.6. The van der Waals surface area contributed by atoms with Crippen molar-refractivity contribution in [3.05, 3.63) is 52.6 Å². The first kappa shape index (κ1) is 19.1. The Labute approximate surface area is 171 Å². The van der Waals surface area contributed by atoms with Gasteiger partial charge in [0.2, 0.25) is 0 Å². The number of thiophene rings is 1. The molecule has 2 N–H and O–H groups in total. The van der Waals surface area contributed by atoms with Gasteiger partial charge in [-0.1, -0.05) is 23.7 Å². The molecule has 1 aromatic carbocycles. The lowest BCUT2D eigenvalue weighted by Gasteiger charge is -2.31. The summed E-state index contributed by atoms with van der Waals surface area (Å²) in [5.74, 6) is -0.00905. The molecule has 1 aliphatic rings. The van der Waals surface area contributed by atoms with E-state index in [2.05, 4.69) is 15.2 Å². The number of sulfone groups is 1. The Balaban J connectivity index is 1.77. The SMILES string of the molecule is CC1C(N)=N[C@](C)(c2sc(-c3cccc(-n4nccn4)c3)cc2Cl)CS1(=O)=O. The summed E-state index contributed by atoms with van der Waals surface area (Å²) in [6.45, 7) is 3.32. The molecule has 10 heteroatoms. The molecule has 1 aliphatic heterocycles. The van der Waals surface area contributed by atoms with Gasteiger partial charge in [-0.3, -0.25) is 4.99 Å². The van der Waals surface area contributed by atoms with Gasteiger partial charge < -0.3 is 5.73 Å². The van der Waals surface area contributed by atoms with Crippen molar-refractivity contribution < 1.29 is 8.42 Å². The summed E-state index contributed by atoms with van der Waals surface area (Å²) < 4.78 is 25.1. The van der Waals surface area contributed by atoms with Crippen LogP contribution in [0.2, 0.25) is 5.02 Å². The first-order valence-corrected chi connectivity index (χ1v) is 11.4. The van der Waals surface area contributed by atoms with Crippen LogP contribution in [0.25, 0.3) is 16.1 Å². The van der Waals surface area contributed by atoms with E-state index in [-0.39, 0.29) is 11.6 Å². The topological polar surface area (TPSA) is 103 Å². The smallest absolute Gasteiger partial charge is 0.162 e. The lowest BCUT2D eigenvalue weighted by Crippen LogP contribution is -2.47. The molecule has 2 aromatic heterocycles. The highest BCUT2D eigenvalue weighted by molar-refractivity contribution is 7.92. The van der Waals surface area contributed by atoms with Crippen LogP contribution in [0.15, 0.2) is 47.7 Å². The molecule has 0 saturated heterocycles. The lowest BCUT2D eigenvalue weighted by molar-refractivity contribution is 0.524. The lowest BCUT2D eigenvalue weighted by atomic mass is 10.0. The van der Waals surface area contributed by atoms with Gasteiger partial charge in [-0.05, 0) is 37.6 Å². The molecule has 0 fully saturated rings. The monoisotopic (exact) mass is 435 g/mol. The minimum atomic E-state index is -3.40. The highest BCUT2D eigenvalue weighted by atomic mass is 35.5. The molecule has 146 valence electrons. The Bertz CT molecular complexity index is 1170. The molecule has 0 aliphatic carbocycles. The average Bonchev–Trinajstić information content (AvgIpc) is 3.29. The van der Waals surface area contributed by atoms with Crippen molar-refractivity contribution in [3.8, 4) is 16.1 Å². The summed E-state index contributed by atoms with van der Waals surface area (Å²) in [5.41, 5.74) is 6.67. The number of aliphatic imine (C=N–C) groups is 1. The normalized spacial score (nSPS) is 24.1. The van der Waals surface area contributed by atoms with Gasteiger partial charge in [0.25, 0.3) is 0 Å². The summed E-state index contributed by atoms with van der Waals surface area (Å²) in [6, 6.07) is 9.55. The van der Waals surface area contributed by atoms with Crippen LogP contribution >= 0.6 is 22.9 Å². The maximum Gasteiger partial charge on any atom is 0.162 e. The maximum absolute atomic E-state index is 12.5. The number of aromatic nitrogens is 3. The Kier molecular flexibility index (Phi) is 4.56. The third kappa shape index (κ3) is 3.23. The molecule has 2 atom stereocenters. The summed E-state index contributed by atoms with van der Waals surface area (Å²) in [5, 5.41) is 7.99. The quantitative estimate of drug-likeness (QED) is 0.680. The minimum absolute atomic E-state index is 0.117. The number of amidine groups is 1. The van der Waals surface area contributed by atoms with Crippen molar-refractivity contribution in [2.24, 2.45) is 10.7 Å². The summed E-state index contributed by atoms with van der Waals surface area (Å²) in [6.07, 6.45) is 3.22. The van der Waals surface area contributed by atoms with Gasteiger partial charge in [-0.25, -0.2) is 8.42 Å². The molecule has 0 amide bonds. The van der Waals surface area contributed by atoms with E-state index >= 15 is 0 Å². The second-order valence-electron chi connectivity index (χ2n) is 6.92. The van der Waals surface area contributed by atoms with E-state index in [0.29, 0.717) is 9.90 Å². The zero-order chi connectivity index (χ0) is 20.1. The molecule has 3 aromatic rings. The molecule has 3 heterocycles. The van der Waals surface area contributed by atoms with Crippen LogP contribution in [0.1, 0.15) is 18.7 Å². The van der Waals surface area contributed by atoms with Crippen molar-refractivity contribution in [1.29, 1.82) is 0 Å². The van der Waals surface area contributed by atoms with Crippen LogP contribution in [0, 0.1) is 0 Å². The Morgan fingerprint density at radius 3 is 2.68 bits per heavy atom. The molecule has 28 heavy (non-hydrogen) atoms.